The van der Waals surface area contributed by atoms with Gasteiger partial charge in [-0.3, -0.25) is 4.79 Å². The van der Waals surface area contributed by atoms with Gasteiger partial charge in [-0.1, -0.05) is 30.3 Å². The number of rotatable bonds is 7. The van der Waals surface area contributed by atoms with Gasteiger partial charge in [-0.25, -0.2) is 31.3 Å². The van der Waals surface area contributed by atoms with Crippen molar-refractivity contribution in [1.82, 2.24) is 19.2 Å². The van der Waals surface area contributed by atoms with Gasteiger partial charge >= 0.3 is 0 Å². The van der Waals surface area contributed by atoms with E-state index in [1.54, 1.807) is 26.2 Å². The highest BCUT2D eigenvalue weighted by Crippen LogP contribution is 2.30. The molecule has 0 spiro atoms. The minimum absolute atomic E-state index is 0.0452. The Morgan fingerprint density at radius 1 is 0.838 bits per heavy atom. The molecule has 7 nitrogen and oxygen atoms in total. The smallest absolute Gasteiger partial charge is 0.267 e. The van der Waals surface area contributed by atoms with Crippen molar-refractivity contribution in [1.29, 1.82) is 0 Å². The van der Waals surface area contributed by atoms with E-state index < -0.39 is 33.0 Å². The second-order valence-electron chi connectivity index (χ2n) is 8.45. The lowest BCUT2D eigenvalue weighted by Crippen LogP contribution is -2.38. The number of halogens is 3. The lowest BCUT2D eigenvalue weighted by atomic mass is 9.97. The highest BCUT2D eigenvalue weighted by atomic mass is 32.2. The van der Waals surface area contributed by atoms with Crippen molar-refractivity contribution in [2.45, 2.75) is 11.4 Å². The van der Waals surface area contributed by atoms with Gasteiger partial charge in [0.15, 0.2) is 0 Å². The summed E-state index contributed by atoms with van der Waals surface area (Å²) in [5, 5.41) is 5.60. The van der Waals surface area contributed by atoms with Gasteiger partial charge in [0.1, 0.15) is 17.5 Å². The molecule has 192 valence electrons. The van der Waals surface area contributed by atoms with Gasteiger partial charge in [0.2, 0.25) is 0 Å². The molecule has 0 saturated carbocycles. The van der Waals surface area contributed by atoms with E-state index in [4.69, 9.17) is 0 Å². The van der Waals surface area contributed by atoms with Crippen molar-refractivity contribution in [2.24, 2.45) is 0 Å². The Hall–Kier alpha value is -3.80. The third-order valence-corrected chi connectivity index (χ3v) is 7.78. The maximum atomic E-state index is 14.2. The summed E-state index contributed by atoms with van der Waals surface area (Å²) < 4.78 is 68.9. The third-order valence-electron chi connectivity index (χ3n) is 5.89. The Labute approximate surface area is 212 Å². The molecule has 0 aliphatic rings. The summed E-state index contributed by atoms with van der Waals surface area (Å²) in [7, 11) is 0.826. The zero-order chi connectivity index (χ0) is 26.9. The van der Waals surface area contributed by atoms with Crippen LogP contribution in [-0.4, -0.2) is 48.8 Å². The van der Waals surface area contributed by atoms with Crippen LogP contribution in [0.1, 0.15) is 5.56 Å². The normalized spacial score (nSPS) is 11.9. The van der Waals surface area contributed by atoms with Crippen molar-refractivity contribution < 1.29 is 21.6 Å². The van der Waals surface area contributed by atoms with Gasteiger partial charge in [0.05, 0.1) is 23.2 Å². The Morgan fingerprint density at radius 2 is 1.43 bits per heavy atom. The number of hydrazine groups is 1. The molecule has 0 unspecified atom stereocenters. The first kappa shape index (κ1) is 26.3. The van der Waals surface area contributed by atoms with E-state index in [1.165, 1.54) is 60.7 Å². The zero-order valence-corrected chi connectivity index (χ0v) is 21.0. The van der Waals surface area contributed by atoms with Crippen LogP contribution in [0.5, 0.6) is 0 Å². The number of hydrogen-bond donors (Lipinski definition) is 0. The number of aromatic nitrogens is 2. The predicted molar refractivity (Wildman–Crippen MR) is 133 cm³/mol. The van der Waals surface area contributed by atoms with Crippen molar-refractivity contribution in [3.63, 3.8) is 0 Å². The van der Waals surface area contributed by atoms with Crippen molar-refractivity contribution in [3.05, 3.63) is 106 Å². The van der Waals surface area contributed by atoms with Gasteiger partial charge in [0, 0.05) is 38.3 Å². The molecule has 1 aromatic heterocycles. The van der Waals surface area contributed by atoms with Crippen LogP contribution in [0, 0.1) is 17.5 Å². The summed E-state index contributed by atoms with van der Waals surface area (Å²) in [6, 6.07) is 14.2. The van der Waals surface area contributed by atoms with Crippen LogP contribution in [0.25, 0.3) is 22.3 Å². The van der Waals surface area contributed by atoms with Gasteiger partial charge in [-0.2, -0.15) is 5.10 Å². The van der Waals surface area contributed by atoms with Gasteiger partial charge < -0.3 is 0 Å². The van der Waals surface area contributed by atoms with Crippen molar-refractivity contribution in [3.8, 4) is 22.3 Å². The molecule has 0 fully saturated rings. The van der Waals surface area contributed by atoms with E-state index in [-0.39, 0.29) is 22.6 Å². The van der Waals surface area contributed by atoms with Gasteiger partial charge in [0.25, 0.3) is 15.6 Å². The maximum absolute atomic E-state index is 14.2. The lowest BCUT2D eigenvalue weighted by Gasteiger charge is -2.23. The molecular weight excluding hydrogens is 505 g/mol. The lowest BCUT2D eigenvalue weighted by molar-refractivity contribution is 0.160. The molecule has 1 heterocycles. The molecule has 0 bridgehead atoms. The summed E-state index contributed by atoms with van der Waals surface area (Å²) in [6.07, 6.45) is 1.40. The number of sulfonamides is 1. The zero-order valence-electron chi connectivity index (χ0n) is 20.2. The first-order valence-corrected chi connectivity index (χ1v) is 12.5. The Bertz CT molecular complexity index is 1600. The van der Waals surface area contributed by atoms with Crippen LogP contribution < -0.4 is 5.56 Å². The molecule has 37 heavy (non-hydrogen) atoms. The number of nitrogens with zero attached hydrogens (tertiary/aromatic N) is 4. The van der Waals surface area contributed by atoms with E-state index in [2.05, 4.69) is 5.10 Å². The maximum Gasteiger partial charge on any atom is 0.275 e. The predicted octanol–water partition coefficient (Wildman–Crippen LogP) is 4.14. The minimum atomic E-state index is -3.79. The van der Waals surface area contributed by atoms with Crippen LogP contribution >= 0.6 is 0 Å². The molecule has 0 saturated heterocycles. The molecule has 0 amide bonds. The molecular formula is C26H23F3N4O3S. The van der Waals surface area contributed by atoms with Crippen LogP contribution in [0.3, 0.4) is 0 Å². The molecule has 11 heteroatoms. The average Bonchev–Trinajstić information content (AvgIpc) is 2.86. The molecule has 4 rings (SSSR count). The van der Waals surface area contributed by atoms with Gasteiger partial charge in [-0.15, -0.1) is 4.41 Å². The highest BCUT2D eigenvalue weighted by molar-refractivity contribution is 7.89. The second kappa shape index (κ2) is 10.3. The Balaban J connectivity index is 1.83. The van der Waals surface area contributed by atoms with E-state index in [1.807, 2.05) is 0 Å². The van der Waals surface area contributed by atoms with Crippen LogP contribution in [-0.2, 0) is 16.6 Å². The first-order chi connectivity index (χ1) is 17.5. The quantitative estimate of drug-likeness (QED) is 0.337. The van der Waals surface area contributed by atoms with Crippen LogP contribution in [0.4, 0.5) is 13.2 Å². The Morgan fingerprint density at radius 3 is 2.03 bits per heavy atom. The summed E-state index contributed by atoms with van der Waals surface area (Å²) >= 11 is 0. The van der Waals surface area contributed by atoms with E-state index >= 15 is 0 Å². The standard InChI is InChI=1S/C26H23F3N4O3S/c1-31(2)32(3)37(35,36)22-12-7-17(8-13-22)23-15-30-33(16-19-6-11-21(28)14-24(19)29)26(34)25(23)18-4-9-20(27)10-5-18/h4-15H,16H2,1-3H3. The van der Waals surface area contributed by atoms with Crippen LogP contribution in [0.2, 0.25) is 0 Å². The minimum Gasteiger partial charge on any atom is -0.267 e. The summed E-state index contributed by atoms with van der Waals surface area (Å²) in [5.41, 5.74) is 0.901. The SMILES string of the molecule is CN(C)N(C)S(=O)(=O)c1ccc(-c2cnn(Cc3ccc(F)cc3F)c(=O)c2-c2ccc(F)cc2)cc1. The molecule has 0 aliphatic heterocycles. The molecule has 0 atom stereocenters. The van der Waals surface area contributed by atoms with E-state index in [0.29, 0.717) is 16.7 Å². The molecule has 0 radical (unpaired) electrons. The fourth-order valence-electron chi connectivity index (χ4n) is 3.70. The number of benzene rings is 3. The Kier molecular flexibility index (Phi) is 7.30. The summed E-state index contributed by atoms with van der Waals surface area (Å²) in [6.45, 7) is -0.256. The molecule has 3 aromatic carbocycles. The fraction of sp³-hybridized carbons (Fsp3) is 0.154. The second-order valence-corrected chi connectivity index (χ2v) is 10.4. The fourth-order valence-corrected chi connectivity index (χ4v) is 4.92. The highest BCUT2D eigenvalue weighted by Gasteiger charge is 2.23. The third kappa shape index (κ3) is 5.33. The average molecular weight is 529 g/mol. The van der Waals surface area contributed by atoms with Crippen molar-refractivity contribution >= 4 is 10.0 Å². The number of hydrogen-bond acceptors (Lipinski definition) is 5. The van der Waals surface area contributed by atoms with E-state index in [0.717, 1.165) is 21.2 Å². The summed E-state index contributed by atoms with van der Waals surface area (Å²) in [5.74, 6) is -2.06. The van der Waals surface area contributed by atoms with Crippen molar-refractivity contribution in [2.75, 3.05) is 21.1 Å². The van der Waals surface area contributed by atoms with Crippen LogP contribution in [0.15, 0.2) is 82.6 Å². The molecule has 4 aromatic rings. The summed E-state index contributed by atoms with van der Waals surface area (Å²) in [4.78, 5) is 13.6. The van der Waals surface area contributed by atoms with Gasteiger partial charge in [-0.05, 0) is 41.5 Å². The first-order valence-electron chi connectivity index (χ1n) is 11.1. The molecule has 0 N–H and O–H groups in total. The van der Waals surface area contributed by atoms with E-state index in [9.17, 15) is 26.4 Å². The molecule has 0 aliphatic carbocycles. The monoisotopic (exact) mass is 528 g/mol. The topological polar surface area (TPSA) is 75.5 Å². The largest absolute Gasteiger partial charge is 0.275 e.